The molecular weight excluding hydrogens is 508 g/mol. The van der Waals surface area contributed by atoms with E-state index >= 15 is 0 Å². The third-order valence-corrected chi connectivity index (χ3v) is 7.71. The molecule has 2 aromatic rings. The van der Waals surface area contributed by atoms with Gasteiger partial charge >= 0.3 is 5.97 Å². The summed E-state index contributed by atoms with van der Waals surface area (Å²) in [5.74, 6) is -0.446. The fraction of sp³-hybridized carbons (Fsp3) is 0.562. The lowest BCUT2D eigenvalue weighted by atomic mass is 9.84. The fourth-order valence-electron chi connectivity index (χ4n) is 5.52. The van der Waals surface area contributed by atoms with Crippen molar-refractivity contribution in [2.45, 2.75) is 79.7 Å². The van der Waals surface area contributed by atoms with E-state index in [2.05, 4.69) is 57.2 Å². The molecule has 4 rings (SSSR count). The standard InChI is InChI=1S/C32H44N2O6/c1-10-20(3)28-22(13-12-14-26(28)38-18-21-19-39-32(7,8)40-21)29-24-15-25(35)23(30(36)37-11-2)16-34(24)27(17-33(29)9)31(4,5)6/h12-16,21,27H,10-11,17-19H2,1-9H3/b28-20+,29-22-. The molecule has 1 saturated heterocycles. The van der Waals surface area contributed by atoms with Crippen LogP contribution in [0.5, 0.6) is 5.75 Å². The zero-order chi connectivity index (χ0) is 29.4. The van der Waals surface area contributed by atoms with Gasteiger partial charge in [-0.1, -0.05) is 45.4 Å². The van der Waals surface area contributed by atoms with Crippen molar-refractivity contribution in [1.82, 2.24) is 9.47 Å². The summed E-state index contributed by atoms with van der Waals surface area (Å²) in [7, 11) is 2.06. The van der Waals surface area contributed by atoms with Crippen LogP contribution < -0.4 is 20.6 Å². The van der Waals surface area contributed by atoms with E-state index in [4.69, 9.17) is 18.9 Å². The summed E-state index contributed by atoms with van der Waals surface area (Å²) in [5, 5.41) is 1.99. The third-order valence-electron chi connectivity index (χ3n) is 7.71. The summed E-state index contributed by atoms with van der Waals surface area (Å²) in [6, 6.07) is 7.65. The van der Waals surface area contributed by atoms with Crippen LogP contribution in [-0.2, 0) is 14.2 Å². The molecule has 218 valence electrons. The Labute approximate surface area is 237 Å². The quantitative estimate of drug-likeness (QED) is 0.504. The highest BCUT2D eigenvalue weighted by Gasteiger charge is 2.36. The first kappa shape index (κ1) is 29.9. The first-order valence-corrected chi connectivity index (χ1v) is 14.2. The SMILES string of the molecule is CCOC(=O)c1cn2c(cc1=O)/C(=c1\cccc(OCC3COC(C)(C)O3)\c1=C(/C)CC)N(C)CC2C(C)(C)C. The molecule has 8 heteroatoms. The monoisotopic (exact) mass is 552 g/mol. The topological polar surface area (TPSA) is 79.2 Å². The highest BCUT2D eigenvalue weighted by molar-refractivity contribution is 5.89. The number of likely N-dealkylation sites (N-methyl/N-ethyl adjacent to an activating group) is 1. The van der Waals surface area contributed by atoms with Gasteiger partial charge in [0.05, 0.1) is 30.6 Å². The molecule has 0 N–H and O–H groups in total. The van der Waals surface area contributed by atoms with E-state index in [9.17, 15) is 9.59 Å². The average molecular weight is 553 g/mol. The number of ether oxygens (including phenoxy) is 4. The minimum absolute atomic E-state index is 0.0204. The summed E-state index contributed by atoms with van der Waals surface area (Å²) in [6.07, 6.45) is 2.36. The van der Waals surface area contributed by atoms with Gasteiger partial charge in [-0.25, -0.2) is 4.79 Å². The second kappa shape index (κ2) is 11.4. The van der Waals surface area contributed by atoms with Crippen LogP contribution in [0.1, 0.15) is 83.9 Å². The predicted molar refractivity (Wildman–Crippen MR) is 156 cm³/mol. The van der Waals surface area contributed by atoms with Gasteiger partial charge in [0, 0.05) is 36.3 Å². The van der Waals surface area contributed by atoms with Gasteiger partial charge in [-0.05, 0) is 45.6 Å². The highest BCUT2D eigenvalue weighted by atomic mass is 16.7. The largest absolute Gasteiger partial charge is 0.490 e. The zero-order valence-corrected chi connectivity index (χ0v) is 25.4. The van der Waals surface area contributed by atoms with Gasteiger partial charge in [0.1, 0.15) is 24.0 Å². The maximum atomic E-state index is 13.3. The number of fused-ring (bicyclic) bond motifs is 1. The summed E-state index contributed by atoms with van der Waals surface area (Å²) < 4.78 is 25.4. The maximum Gasteiger partial charge on any atom is 0.343 e. The molecule has 1 fully saturated rings. The van der Waals surface area contributed by atoms with Crippen molar-refractivity contribution in [2.75, 3.05) is 33.4 Å². The Morgan fingerprint density at radius 1 is 1.20 bits per heavy atom. The van der Waals surface area contributed by atoms with E-state index in [0.717, 1.165) is 34.0 Å². The van der Waals surface area contributed by atoms with Gasteiger partial charge < -0.3 is 28.4 Å². The molecule has 40 heavy (non-hydrogen) atoms. The van der Waals surface area contributed by atoms with Crippen molar-refractivity contribution in [1.29, 1.82) is 0 Å². The van der Waals surface area contributed by atoms with E-state index in [-0.39, 0.29) is 35.2 Å². The van der Waals surface area contributed by atoms with Crippen molar-refractivity contribution in [3.63, 3.8) is 0 Å². The first-order valence-electron chi connectivity index (χ1n) is 14.2. The average Bonchev–Trinajstić information content (AvgIpc) is 3.24. The lowest BCUT2D eigenvalue weighted by Gasteiger charge is -2.43. The van der Waals surface area contributed by atoms with Crippen molar-refractivity contribution in [3.05, 3.63) is 62.4 Å². The summed E-state index contributed by atoms with van der Waals surface area (Å²) in [6.45, 7) is 18.1. The Bertz CT molecular complexity index is 1450. The van der Waals surface area contributed by atoms with Crippen molar-refractivity contribution in [2.24, 2.45) is 5.41 Å². The van der Waals surface area contributed by atoms with Crippen LogP contribution in [0.4, 0.5) is 0 Å². The molecule has 2 aliphatic rings. The number of hydrogen-bond donors (Lipinski definition) is 0. The van der Waals surface area contributed by atoms with Gasteiger partial charge in [-0.3, -0.25) is 4.79 Å². The van der Waals surface area contributed by atoms with Crippen molar-refractivity contribution >= 4 is 17.2 Å². The maximum absolute atomic E-state index is 13.3. The van der Waals surface area contributed by atoms with Gasteiger partial charge in [0.25, 0.3) is 0 Å². The summed E-state index contributed by atoms with van der Waals surface area (Å²) >= 11 is 0. The van der Waals surface area contributed by atoms with Crippen molar-refractivity contribution in [3.8, 4) is 5.75 Å². The molecule has 0 spiro atoms. The number of rotatable bonds is 6. The molecule has 2 aliphatic heterocycles. The lowest BCUT2D eigenvalue weighted by molar-refractivity contribution is -0.141. The van der Waals surface area contributed by atoms with E-state index in [1.165, 1.54) is 5.57 Å². The molecule has 1 aromatic heterocycles. The number of esters is 1. The minimum atomic E-state index is -0.617. The number of nitrogens with zero attached hydrogens (tertiary/aromatic N) is 2. The molecule has 1 aromatic carbocycles. The Kier molecular flexibility index (Phi) is 8.52. The molecule has 0 aliphatic carbocycles. The molecule has 2 unspecified atom stereocenters. The van der Waals surface area contributed by atoms with Crippen LogP contribution in [0.25, 0.3) is 11.3 Å². The fourth-order valence-corrected chi connectivity index (χ4v) is 5.52. The number of carbonyl (C=O) groups excluding carboxylic acids is 1. The minimum Gasteiger partial charge on any atom is -0.490 e. The zero-order valence-electron chi connectivity index (χ0n) is 25.4. The lowest BCUT2D eigenvalue weighted by Crippen LogP contribution is -2.46. The van der Waals surface area contributed by atoms with Gasteiger partial charge in [0.15, 0.2) is 11.2 Å². The smallest absolute Gasteiger partial charge is 0.343 e. The van der Waals surface area contributed by atoms with Crippen molar-refractivity contribution < 1.29 is 23.7 Å². The number of aromatic nitrogens is 1. The van der Waals surface area contributed by atoms with Crippen LogP contribution in [-0.4, -0.2) is 60.7 Å². The van der Waals surface area contributed by atoms with Crippen LogP contribution >= 0.6 is 0 Å². The van der Waals surface area contributed by atoms with Crippen LogP contribution in [0.2, 0.25) is 0 Å². The van der Waals surface area contributed by atoms with Gasteiger partial charge in [0.2, 0.25) is 0 Å². The van der Waals surface area contributed by atoms with Crippen LogP contribution in [0.3, 0.4) is 0 Å². The molecule has 0 radical (unpaired) electrons. The number of pyridine rings is 1. The van der Waals surface area contributed by atoms with E-state index in [0.29, 0.717) is 19.8 Å². The first-order chi connectivity index (χ1) is 18.8. The molecular formula is C32H44N2O6. The van der Waals surface area contributed by atoms with Gasteiger partial charge in [-0.2, -0.15) is 0 Å². The van der Waals surface area contributed by atoms with E-state index in [1.54, 1.807) is 19.2 Å². The van der Waals surface area contributed by atoms with Gasteiger partial charge in [-0.15, -0.1) is 0 Å². The molecule has 3 heterocycles. The molecule has 0 saturated carbocycles. The normalized spacial score (nSPS) is 22.6. The van der Waals surface area contributed by atoms with Crippen LogP contribution in [0, 0.1) is 5.41 Å². The molecule has 0 amide bonds. The van der Waals surface area contributed by atoms with E-state index in [1.807, 2.05) is 26.0 Å². The molecule has 2 atom stereocenters. The Morgan fingerprint density at radius 3 is 2.52 bits per heavy atom. The Balaban J connectivity index is 1.96. The summed E-state index contributed by atoms with van der Waals surface area (Å²) in [4.78, 5) is 28.2. The molecule has 0 bridgehead atoms. The number of carbonyl (C=O) groups is 1. The molecule has 8 nitrogen and oxygen atoms in total. The highest BCUT2D eigenvalue weighted by Crippen LogP contribution is 2.37. The second-order valence-electron chi connectivity index (χ2n) is 12.2. The van der Waals surface area contributed by atoms with E-state index < -0.39 is 11.8 Å². The Morgan fingerprint density at radius 2 is 1.93 bits per heavy atom. The second-order valence-corrected chi connectivity index (χ2v) is 12.2. The summed E-state index contributed by atoms with van der Waals surface area (Å²) in [5.41, 5.74) is 2.43. The third kappa shape index (κ3) is 5.98. The van der Waals surface area contributed by atoms with Crippen LogP contribution in [0.15, 0.2) is 35.3 Å². The Hall–Kier alpha value is -3.10. The predicted octanol–water partition coefficient (Wildman–Crippen LogP) is 3.83. The number of hydrogen-bond acceptors (Lipinski definition) is 7. The number of benzene rings is 1.